The Morgan fingerprint density at radius 2 is 1.85 bits per heavy atom. The van der Waals surface area contributed by atoms with E-state index in [0.717, 1.165) is 69.0 Å². The van der Waals surface area contributed by atoms with Gasteiger partial charge in [-0.05, 0) is 56.1 Å². The predicted molar refractivity (Wildman–Crippen MR) is 131 cm³/mol. The van der Waals surface area contributed by atoms with Gasteiger partial charge in [-0.1, -0.05) is 19.4 Å². The minimum Gasteiger partial charge on any atom is -0.368 e. The van der Waals surface area contributed by atoms with Gasteiger partial charge in [-0.2, -0.15) is 13.2 Å². The van der Waals surface area contributed by atoms with E-state index < -0.39 is 11.7 Å². The molecule has 0 radical (unpaired) electrons. The highest BCUT2D eigenvalue weighted by molar-refractivity contribution is 7.17. The summed E-state index contributed by atoms with van der Waals surface area (Å²) in [5.74, 6) is 1.73. The lowest BCUT2D eigenvalue weighted by Crippen LogP contribution is -2.47. The van der Waals surface area contributed by atoms with Crippen molar-refractivity contribution in [1.82, 2.24) is 10.2 Å². The summed E-state index contributed by atoms with van der Waals surface area (Å²) in [6.45, 7) is 6.78. The summed E-state index contributed by atoms with van der Waals surface area (Å²) in [7, 11) is 0. The van der Waals surface area contributed by atoms with Gasteiger partial charge >= 0.3 is 6.18 Å². The van der Waals surface area contributed by atoms with Crippen LogP contribution in [0, 0.1) is 17.8 Å². The number of nitrogens with zero attached hydrogens (tertiary/aromatic N) is 2. The number of halogens is 3. The summed E-state index contributed by atoms with van der Waals surface area (Å²) in [5, 5.41) is 6.20. The number of anilines is 1. The van der Waals surface area contributed by atoms with Crippen LogP contribution in [0.4, 0.5) is 18.9 Å². The molecule has 2 heterocycles. The van der Waals surface area contributed by atoms with Crippen molar-refractivity contribution in [2.75, 3.05) is 37.6 Å². The van der Waals surface area contributed by atoms with Crippen molar-refractivity contribution in [2.24, 2.45) is 17.8 Å². The van der Waals surface area contributed by atoms with Crippen molar-refractivity contribution in [3.63, 3.8) is 0 Å². The number of hydrogen-bond donors (Lipinski definition) is 1. The van der Waals surface area contributed by atoms with Crippen LogP contribution in [0.2, 0.25) is 0 Å². The quantitative estimate of drug-likeness (QED) is 0.556. The number of benzene rings is 1. The molecule has 3 fully saturated rings. The average Bonchev–Trinajstić information content (AvgIpc) is 3.47. The number of carbonyl (C=O) groups is 1. The zero-order valence-corrected chi connectivity index (χ0v) is 20.6. The Labute approximate surface area is 203 Å². The van der Waals surface area contributed by atoms with E-state index in [1.165, 1.54) is 42.7 Å². The molecule has 1 N–H and O–H groups in total. The van der Waals surface area contributed by atoms with Gasteiger partial charge < -0.3 is 10.2 Å². The number of hydrogen-bond acceptors (Lipinski definition) is 4. The van der Waals surface area contributed by atoms with Gasteiger partial charge in [-0.3, -0.25) is 9.69 Å². The van der Waals surface area contributed by atoms with E-state index in [2.05, 4.69) is 22.0 Å². The first-order valence-corrected chi connectivity index (χ1v) is 13.6. The Bertz CT molecular complexity index is 1010. The zero-order valence-electron chi connectivity index (χ0n) is 19.7. The number of nitrogens with one attached hydrogen (secondary N) is 1. The van der Waals surface area contributed by atoms with E-state index in [-0.39, 0.29) is 11.8 Å². The number of amides is 1. The lowest BCUT2D eigenvalue weighted by molar-refractivity contribution is -0.137. The SMILES string of the molecule is CC[C@H]1CC[C@H](NC(=O)[C@@H]2C[C@H]2CN2CCN(c3csc4cc(C(F)(F)F)ccc34)CC2)CC1. The number of alkyl halides is 3. The van der Waals surface area contributed by atoms with Crippen LogP contribution in [0.1, 0.15) is 51.0 Å². The molecule has 1 aromatic heterocycles. The molecule has 2 saturated carbocycles. The molecule has 34 heavy (non-hydrogen) atoms. The second-order valence-electron chi connectivity index (χ2n) is 10.4. The third-order valence-corrected chi connectivity index (χ3v) is 9.05. The Morgan fingerprint density at radius 1 is 1.12 bits per heavy atom. The second kappa shape index (κ2) is 9.69. The summed E-state index contributed by atoms with van der Waals surface area (Å²) in [6.07, 6.45) is 2.66. The first-order chi connectivity index (χ1) is 16.3. The van der Waals surface area contributed by atoms with Crippen molar-refractivity contribution in [2.45, 2.75) is 57.7 Å². The summed E-state index contributed by atoms with van der Waals surface area (Å²) in [6, 6.07) is 4.42. The maximum Gasteiger partial charge on any atom is 0.416 e. The molecule has 1 aliphatic heterocycles. The second-order valence-corrected chi connectivity index (χ2v) is 11.3. The maximum atomic E-state index is 13.0. The first kappa shape index (κ1) is 23.9. The van der Waals surface area contributed by atoms with E-state index >= 15 is 0 Å². The van der Waals surface area contributed by atoms with Gasteiger partial charge in [0.05, 0.1) is 11.3 Å². The van der Waals surface area contributed by atoms with Gasteiger partial charge in [-0.15, -0.1) is 11.3 Å². The summed E-state index contributed by atoms with van der Waals surface area (Å²) in [4.78, 5) is 17.4. The van der Waals surface area contributed by atoms with Crippen molar-refractivity contribution < 1.29 is 18.0 Å². The van der Waals surface area contributed by atoms with E-state index in [1.807, 2.05) is 5.38 Å². The van der Waals surface area contributed by atoms with Crippen molar-refractivity contribution in [1.29, 1.82) is 0 Å². The van der Waals surface area contributed by atoms with Crippen LogP contribution in [0.25, 0.3) is 10.1 Å². The number of rotatable bonds is 6. The minimum absolute atomic E-state index is 0.172. The topological polar surface area (TPSA) is 35.6 Å². The molecule has 186 valence electrons. The van der Waals surface area contributed by atoms with Crippen LogP contribution in [0.5, 0.6) is 0 Å². The van der Waals surface area contributed by atoms with Gasteiger partial charge in [0.15, 0.2) is 0 Å². The van der Waals surface area contributed by atoms with Gasteiger partial charge in [0, 0.05) is 60.1 Å². The van der Waals surface area contributed by atoms with Gasteiger partial charge in [0.2, 0.25) is 5.91 Å². The smallest absolute Gasteiger partial charge is 0.368 e. The van der Waals surface area contributed by atoms with Crippen LogP contribution in [-0.2, 0) is 11.0 Å². The molecule has 2 aromatic rings. The monoisotopic (exact) mass is 493 g/mol. The normalized spacial score (nSPS) is 28.3. The molecule has 0 spiro atoms. The average molecular weight is 494 g/mol. The fourth-order valence-electron chi connectivity index (χ4n) is 5.73. The van der Waals surface area contributed by atoms with Crippen LogP contribution in [0.3, 0.4) is 0 Å². The Morgan fingerprint density at radius 3 is 2.53 bits per heavy atom. The maximum absolute atomic E-state index is 13.0. The lowest BCUT2D eigenvalue weighted by atomic mass is 9.84. The van der Waals surface area contributed by atoms with Crippen molar-refractivity contribution >= 4 is 33.0 Å². The lowest BCUT2D eigenvalue weighted by Gasteiger charge is -2.36. The molecule has 1 amide bonds. The van der Waals surface area contributed by atoms with Crippen molar-refractivity contribution in [3.05, 3.63) is 29.1 Å². The fourth-order valence-corrected chi connectivity index (χ4v) is 6.74. The molecule has 3 aliphatic rings. The zero-order chi connectivity index (χ0) is 23.9. The van der Waals surface area contributed by atoms with Crippen LogP contribution < -0.4 is 10.2 Å². The highest BCUT2D eigenvalue weighted by Gasteiger charge is 2.44. The highest BCUT2D eigenvalue weighted by atomic mass is 32.1. The number of thiophene rings is 1. The molecule has 0 bridgehead atoms. The van der Waals surface area contributed by atoms with E-state index in [0.29, 0.717) is 16.7 Å². The number of piperazine rings is 1. The third kappa shape index (κ3) is 5.23. The molecule has 8 heteroatoms. The van der Waals surface area contributed by atoms with Crippen LogP contribution >= 0.6 is 11.3 Å². The van der Waals surface area contributed by atoms with Gasteiger partial charge in [0.25, 0.3) is 0 Å². The Hall–Kier alpha value is -1.80. The molecular formula is C26H34F3N3OS. The molecule has 4 nitrogen and oxygen atoms in total. The Kier molecular flexibility index (Phi) is 6.81. The molecule has 0 unspecified atom stereocenters. The fraction of sp³-hybridized carbons (Fsp3) is 0.654. The van der Waals surface area contributed by atoms with E-state index in [4.69, 9.17) is 0 Å². The van der Waals surface area contributed by atoms with Gasteiger partial charge in [0.1, 0.15) is 0 Å². The number of carbonyl (C=O) groups excluding carboxylic acids is 1. The summed E-state index contributed by atoms with van der Waals surface area (Å²) >= 11 is 1.38. The minimum atomic E-state index is -4.31. The van der Waals surface area contributed by atoms with E-state index in [9.17, 15) is 18.0 Å². The summed E-state index contributed by atoms with van der Waals surface area (Å²) in [5.41, 5.74) is 0.449. The standard InChI is InChI=1S/C26H34F3N3OS/c1-2-17-3-6-20(7-4-17)30-25(33)22-13-18(22)15-31-9-11-32(12-10-31)23-16-34-24-14-19(26(27,28)29)5-8-21(23)24/h5,8,14,16-18,20,22H,2-4,6-7,9-13,15H2,1H3,(H,30,33)/t17-,18-,20-,22+/m0/s1. The molecule has 2 atom stereocenters. The van der Waals surface area contributed by atoms with E-state index in [1.54, 1.807) is 6.07 Å². The van der Waals surface area contributed by atoms with Crippen LogP contribution in [-0.4, -0.2) is 49.6 Å². The first-order valence-electron chi connectivity index (χ1n) is 12.7. The van der Waals surface area contributed by atoms with Gasteiger partial charge in [-0.25, -0.2) is 0 Å². The third-order valence-electron chi connectivity index (χ3n) is 8.12. The predicted octanol–water partition coefficient (Wildman–Crippen LogP) is 5.76. The highest BCUT2D eigenvalue weighted by Crippen LogP contribution is 2.41. The molecule has 2 aliphatic carbocycles. The largest absolute Gasteiger partial charge is 0.416 e. The molecule has 5 rings (SSSR count). The van der Waals surface area contributed by atoms with Crippen LogP contribution in [0.15, 0.2) is 23.6 Å². The molecular weight excluding hydrogens is 459 g/mol. The molecule has 1 saturated heterocycles. The Balaban J connectivity index is 1.08. The van der Waals surface area contributed by atoms with Crippen molar-refractivity contribution in [3.8, 4) is 0 Å². The molecule has 1 aromatic carbocycles. The summed E-state index contributed by atoms with van der Waals surface area (Å²) < 4.78 is 39.7. The number of fused-ring (bicyclic) bond motifs is 1.